The molecule has 2 N–H and O–H groups in total. The Bertz CT molecular complexity index is 606. The zero-order chi connectivity index (χ0) is 17.0. The highest BCUT2D eigenvalue weighted by Gasteiger charge is 2.23. The largest absolute Gasteiger partial charge is 0.354 e. The number of hydrogen-bond donors (Lipinski definition) is 2. The van der Waals surface area contributed by atoms with Gasteiger partial charge in [0, 0.05) is 20.1 Å². The standard InChI is InChI=1S/C16H22F2N4O.HI/c1-10(11-4-7-13(17)14(18)8-11)20-16(21-12-5-6-12)19-9-15(23)22(2)3;/h4,7-8,10,12H,5-6,9H2,1-3H3,(H2,19,20,21);1H. The molecular weight excluding hydrogens is 429 g/mol. The average Bonchev–Trinajstić information content (AvgIpc) is 3.30. The van der Waals surface area contributed by atoms with Gasteiger partial charge in [0.25, 0.3) is 0 Å². The minimum atomic E-state index is -0.882. The van der Waals surface area contributed by atoms with Crippen molar-refractivity contribution in [2.24, 2.45) is 4.99 Å². The van der Waals surface area contributed by atoms with E-state index in [1.54, 1.807) is 14.1 Å². The summed E-state index contributed by atoms with van der Waals surface area (Å²) in [5, 5.41) is 6.34. The van der Waals surface area contributed by atoms with Crippen molar-refractivity contribution < 1.29 is 13.6 Å². The predicted octanol–water partition coefficient (Wildman–Crippen LogP) is 2.43. The van der Waals surface area contributed by atoms with Crippen molar-refractivity contribution in [1.82, 2.24) is 15.5 Å². The van der Waals surface area contributed by atoms with Crippen LogP contribution in [0.25, 0.3) is 0 Å². The highest BCUT2D eigenvalue weighted by atomic mass is 127. The molecule has 134 valence electrons. The van der Waals surface area contributed by atoms with Crippen LogP contribution in [0, 0.1) is 11.6 Å². The van der Waals surface area contributed by atoms with Crippen LogP contribution < -0.4 is 10.6 Å². The summed E-state index contributed by atoms with van der Waals surface area (Å²) in [4.78, 5) is 17.4. The van der Waals surface area contributed by atoms with Crippen molar-refractivity contribution in [2.75, 3.05) is 20.6 Å². The Balaban J connectivity index is 0.00000288. The lowest BCUT2D eigenvalue weighted by molar-refractivity contribution is -0.127. The monoisotopic (exact) mass is 452 g/mol. The van der Waals surface area contributed by atoms with E-state index in [4.69, 9.17) is 0 Å². The molecule has 1 aromatic carbocycles. The van der Waals surface area contributed by atoms with E-state index in [0.29, 0.717) is 17.6 Å². The van der Waals surface area contributed by atoms with E-state index in [-0.39, 0.29) is 42.5 Å². The fraction of sp³-hybridized carbons (Fsp3) is 0.500. The van der Waals surface area contributed by atoms with Crippen LogP contribution in [0.4, 0.5) is 8.78 Å². The summed E-state index contributed by atoms with van der Waals surface area (Å²) in [6, 6.07) is 3.86. The minimum Gasteiger partial charge on any atom is -0.354 e. The number of nitrogens with one attached hydrogen (secondary N) is 2. The summed E-state index contributed by atoms with van der Waals surface area (Å²) < 4.78 is 26.4. The zero-order valence-electron chi connectivity index (χ0n) is 14.0. The van der Waals surface area contributed by atoms with Gasteiger partial charge in [-0.15, -0.1) is 24.0 Å². The highest BCUT2D eigenvalue weighted by Crippen LogP contribution is 2.19. The molecule has 2 rings (SSSR count). The van der Waals surface area contributed by atoms with Crippen molar-refractivity contribution in [2.45, 2.75) is 31.8 Å². The molecule has 0 heterocycles. The van der Waals surface area contributed by atoms with E-state index < -0.39 is 11.6 Å². The van der Waals surface area contributed by atoms with Crippen LogP contribution in [0.5, 0.6) is 0 Å². The van der Waals surface area contributed by atoms with Crippen LogP contribution in [0.15, 0.2) is 23.2 Å². The molecule has 1 atom stereocenters. The second kappa shape index (κ2) is 9.14. The summed E-state index contributed by atoms with van der Waals surface area (Å²) in [5.41, 5.74) is 0.605. The van der Waals surface area contributed by atoms with Gasteiger partial charge in [0.15, 0.2) is 17.6 Å². The first kappa shape index (κ1) is 20.6. The van der Waals surface area contributed by atoms with Crippen LogP contribution in [-0.2, 0) is 4.79 Å². The van der Waals surface area contributed by atoms with Gasteiger partial charge in [0.05, 0.1) is 6.04 Å². The number of nitrogens with zero attached hydrogens (tertiary/aromatic N) is 2. The van der Waals surface area contributed by atoms with Gasteiger partial charge < -0.3 is 15.5 Å². The van der Waals surface area contributed by atoms with Gasteiger partial charge >= 0.3 is 0 Å². The van der Waals surface area contributed by atoms with Crippen LogP contribution >= 0.6 is 24.0 Å². The molecule has 1 fully saturated rings. The third-order valence-electron chi connectivity index (χ3n) is 3.59. The molecule has 1 saturated carbocycles. The lowest BCUT2D eigenvalue weighted by Crippen LogP contribution is -2.41. The molecule has 8 heteroatoms. The van der Waals surface area contributed by atoms with Crippen molar-refractivity contribution in [3.8, 4) is 0 Å². The maximum Gasteiger partial charge on any atom is 0.243 e. The molecule has 1 unspecified atom stereocenters. The topological polar surface area (TPSA) is 56.7 Å². The van der Waals surface area contributed by atoms with Gasteiger partial charge in [-0.25, -0.2) is 13.8 Å². The number of likely N-dealkylation sites (N-methyl/N-ethyl adjacent to an activating group) is 1. The van der Waals surface area contributed by atoms with E-state index in [9.17, 15) is 13.6 Å². The first-order valence-corrected chi connectivity index (χ1v) is 7.59. The molecule has 24 heavy (non-hydrogen) atoms. The van der Waals surface area contributed by atoms with Crippen molar-refractivity contribution in [3.05, 3.63) is 35.4 Å². The summed E-state index contributed by atoms with van der Waals surface area (Å²) in [7, 11) is 3.34. The molecule has 0 saturated heterocycles. The van der Waals surface area contributed by atoms with Gasteiger partial charge in [0.1, 0.15) is 6.54 Å². The minimum absolute atomic E-state index is 0. The Morgan fingerprint density at radius 2 is 2.00 bits per heavy atom. The molecule has 1 amide bonds. The molecule has 1 aromatic rings. The van der Waals surface area contributed by atoms with Crippen LogP contribution in [0.3, 0.4) is 0 Å². The molecule has 1 aliphatic carbocycles. The number of amides is 1. The van der Waals surface area contributed by atoms with Crippen LogP contribution in [0.1, 0.15) is 31.4 Å². The molecular formula is C16H23F2IN4O. The Morgan fingerprint density at radius 3 is 2.54 bits per heavy atom. The first-order chi connectivity index (χ1) is 10.9. The fourth-order valence-corrected chi connectivity index (χ4v) is 1.91. The highest BCUT2D eigenvalue weighted by molar-refractivity contribution is 14.0. The summed E-state index contributed by atoms with van der Waals surface area (Å²) in [5.74, 6) is -1.36. The zero-order valence-corrected chi connectivity index (χ0v) is 16.3. The van der Waals surface area contributed by atoms with Gasteiger partial charge in [-0.3, -0.25) is 4.79 Å². The normalized spacial score (nSPS) is 15.3. The Hall–Kier alpha value is -1.45. The number of benzene rings is 1. The Labute approximate surface area is 157 Å². The van der Waals surface area contributed by atoms with E-state index in [1.165, 1.54) is 11.0 Å². The van der Waals surface area contributed by atoms with E-state index in [1.807, 2.05) is 6.92 Å². The first-order valence-electron chi connectivity index (χ1n) is 7.59. The van der Waals surface area contributed by atoms with Crippen molar-refractivity contribution >= 4 is 35.8 Å². The number of rotatable bonds is 5. The van der Waals surface area contributed by atoms with Gasteiger partial charge in [-0.2, -0.15) is 0 Å². The summed E-state index contributed by atoms with van der Waals surface area (Å²) in [6.07, 6.45) is 2.11. The second-order valence-electron chi connectivity index (χ2n) is 5.91. The quantitative estimate of drug-likeness (QED) is 0.410. The molecule has 0 aliphatic heterocycles. The number of carbonyl (C=O) groups excluding carboxylic acids is 1. The number of carbonyl (C=O) groups is 1. The van der Waals surface area contributed by atoms with Gasteiger partial charge in [0.2, 0.25) is 5.91 Å². The molecule has 1 aliphatic rings. The van der Waals surface area contributed by atoms with Gasteiger partial charge in [-0.05, 0) is 37.5 Å². The molecule has 0 aromatic heterocycles. The van der Waals surface area contributed by atoms with Crippen LogP contribution in [0.2, 0.25) is 0 Å². The molecule has 0 spiro atoms. The lowest BCUT2D eigenvalue weighted by Gasteiger charge is -2.19. The number of hydrogen-bond acceptors (Lipinski definition) is 2. The van der Waals surface area contributed by atoms with Crippen molar-refractivity contribution in [1.29, 1.82) is 0 Å². The maximum atomic E-state index is 13.3. The third kappa shape index (κ3) is 6.21. The predicted molar refractivity (Wildman–Crippen MR) is 100 cm³/mol. The number of halogens is 3. The van der Waals surface area contributed by atoms with Crippen LogP contribution in [-0.4, -0.2) is 43.4 Å². The maximum absolute atomic E-state index is 13.3. The summed E-state index contributed by atoms with van der Waals surface area (Å²) >= 11 is 0. The molecule has 5 nitrogen and oxygen atoms in total. The summed E-state index contributed by atoms with van der Waals surface area (Å²) in [6.45, 7) is 1.85. The smallest absolute Gasteiger partial charge is 0.243 e. The average molecular weight is 452 g/mol. The third-order valence-corrected chi connectivity index (χ3v) is 3.59. The molecule has 0 radical (unpaired) electrons. The van der Waals surface area contributed by atoms with E-state index in [2.05, 4.69) is 15.6 Å². The van der Waals surface area contributed by atoms with Gasteiger partial charge in [-0.1, -0.05) is 6.07 Å². The van der Waals surface area contributed by atoms with E-state index >= 15 is 0 Å². The Kier molecular flexibility index (Phi) is 7.85. The Morgan fingerprint density at radius 1 is 1.33 bits per heavy atom. The van der Waals surface area contributed by atoms with Crippen molar-refractivity contribution in [3.63, 3.8) is 0 Å². The molecule has 0 bridgehead atoms. The number of aliphatic imine (C=N–C) groups is 1. The van der Waals surface area contributed by atoms with E-state index in [0.717, 1.165) is 25.0 Å². The number of guanidine groups is 1. The fourth-order valence-electron chi connectivity index (χ4n) is 1.91. The second-order valence-corrected chi connectivity index (χ2v) is 5.91. The lowest BCUT2D eigenvalue weighted by atomic mass is 10.1. The SMILES string of the molecule is CC(NC(=NCC(=O)N(C)C)NC1CC1)c1ccc(F)c(F)c1.I.